The normalized spacial score (nSPS) is 12.5. The highest BCUT2D eigenvalue weighted by atomic mass is 16.5. The van der Waals surface area contributed by atoms with E-state index in [-0.39, 0.29) is 19.3 Å². The van der Waals surface area contributed by atoms with Crippen molar-refractivity contribution in [3.05, 3.63) is 24.3 Å². The number of para-hydroxylation sites is 2. The van der Waals surface area contributed by atoms with E-state index in [9.17, 15) is 5.11 Å². The number of aliphatic hydroxyl groups is 1. The average molecular weight is 254 g/mol. The van der Waals surface area contributed by atoms with Crippen LogP contribution in [0.5, 0.6) is 11.5 Å². The van der Waals surface area contributed by atoms with Gasteiger partial charge in [-0.15, -0.1) is 0 Å². The van der Waals surface area contributed by atoms with Crippen molar-refractivity contribution in [1.29, 1.82) is 0 Å². The number of aliphatic hydroxyl groups excluding tert-OH is 1. The fourth-order valence-corrected chi connectivity index (χ4v) is 1.38. The minimum Gasteiger partial charge on any atom is -0.490 e. The maximum absolute atomic E-state index is 9.69. The van der Waals surface area contributed by atoms with Gasteiger partial charge < -0.3 is 19.3 Å². The molecule has 1 aromatic carbocycles. The van der Waals surface area contributed by atoms with Crippen molar-refractivity contribution in [1.82, 2.24) is 0 Å². The van der Waals surface area contributed by atoms with E-state index >= 15 is 0 Å². The van der Waals surface area contributed by atoms with Crippen molar-refractivity contribution in [3.8, 4) is 11.5 Å². The van der Waals surface area contributed by atoms with Gasteiger partial charge in [-0.2, -0.15) is 0 Å². The summed E-state index contributed by atoms with van der Waals surface area (Å²) in [5, 5.41) is 9.69. The van der Waals surface area contributed by atoms with E-state index in [1.165, 1.54) is 0 Å². The van der Waals surface area contributed by atoms with Crippen LogP contribution in [-0.2, 0) is 4.74 Å². The number of hydrogen-bond acceptors (Lipinski definition) is 4. The number of benzene rings is 1. The van der Waals surface area contributed by atoms with Gasteiger partial charge in [0.25, 0.3) is 0 Å². The van der Waals surface area contributed by atoms with Gasteiger partial charge in [0.15, 0.2) is 11.5 Å². The quantitative estimate of drug-likeness (QED) is 0.773. The van der Waals surface area contributed by atoms with Crippen LogP contribution in [0.4, 0.5) is 0 Å². The van der Waals surface area contributed by atoms with Crippen molar-refractivity contribution in [2.24, 2.45) is 0 Å². The standard InChI is InChI=1S/C14H22O4/c1-4-16-13-7-5-6-8-14(13)18-10-12(15)9-17-11(2)3/h5-8,11-12,15H,4,9-10H2,1-3H3. The molecule has 1 atom stereocenters. The van der Waals surface area contributed by atoms with Crippen LogP contribution in [0.25, 0.3) is 0 Å². The zero-order valence-electron chi connectivity index (χ0n) is 11.3. The van der Waals surface area contributed by atoms with Gasteiger partial charge in [0, 0.05) is 0 Å². The number of rotatable bonds is 8. The summed E-state index contributed by atoms with van der Waals surface area (Å²) in [6.07, 6.45) is -0.530. The maximum Gasteiger partial charge on any atom is 0.161 e. The lowest BCUT2D eigenvalue weighted by atomic mass is 10.3. The molecule has 0 amide bonds. The molecule has 0 saturated heterocycles. The van der Waals surface area contributed by atoms with E-state index in [0.29, 0.717) is 18.1 Å². The van der Waals surface area contributed by atoms with Gasteiger partial charge in [0.1, 0.15) is 12.7 Å². The number of ether oxygens (including phenoxy) is 3. The zero-order valence-corrected chi connectivity index (χ0v) is 11.3. The highest BCUT2D eigenvalue weighted by Crippen LogP contribution is 2.26. The fraction of sp³-hybridized carbons (Fsp3) is 0.571. The summed E-state index contributed by atoms with van der Waals surface area (Å²) in [5.41, 5.74) is 0. The van der Waals surface area contributed by atoms with Crippen molar-refractivity contribution in [3.63, 3.8) is 0 Å². The Labute approximate surface area is 108 Å². The first-order valence-corrected chi connectivity index (χ1v) is 6.27. The van der Waals surface area contributed by atoms with E-state index in [4.69, 9.17) is 14.2 Å². The Morgan fingerprint density at radius 1 is 1.06 bits per heavy atom. The van der Waals surface area contributed by atoms with Gasteiger partial charge in [0.2, 0.25) is 0 Å². The summed E-state index contributed by atoms with van der Waals surface area (Å²) < 4.78 is 16.3. The Balaban J connectivity index is 2.42. The third-order valence-electron chi connectivity index (χ3n) is 2.20. The van der Waals surface area contributed by atoms with Gasteiger partial charge >= 0.3 is 0 Å². The van der Waals surface area contributed by atoms with E-state index in [1.54, 1.807) is 0 Å². The molecule has 1 N–H and O–H groups in total. The minimum absolute atomic E-state index is 0.107. The van der Waals surface area contributed by atoms with Crippen LogP contribution >= 0.6 is 0 Å². The van der Waals surface area contributed by atoms with Gasteiger partial charge in [-0.1, -0.05) is 12.1 Å². The summed E-state index contributed by atoms with van der Waals surface area (Å²) in [7, 11) is 0. The maximum atomic E-state index is 9.69. The summed E-state index contributed by atoms with van der Waals surface area (Å²) >= 11 is 0. The number of hydrogen-bond donors (Lipinski definition) is 1. The third-order valence-corrected chi connectivity index (χ3v) is 2.20. The molecular weight excluding hydrogens is 232 g/mol. The first-order valence-electron chi connectivity index (χ1n) is 6.27. The fourth-order valence-electron chi connectivity index (χ4n) is 1.38. The molecule has 0 aliphatic heterocycles. The molecule has 0 fully saturated rings. The van der Waals surface area contributed by atoms with Crippen molar-refractivity contribution in [2.45, 2.75) is 33.0 Å². The smallest absolute Gasteiger partial charge is 0.161 e. The average Bonchev–Trinajstić information content (AvgIpc) is 2.35. The molecular formula is C14H22O4. The van der Waals surface area contributed by atoms with Gasteiger partial charge in [0.05, 0.1) is 19.3 Å². The molecule has 0 spiro atoms. The van der Waals surface area contributed by atoms with Crippen LogP contribution in [-0.4, -0.2) is 37.1 Å². The molecule has 1 aromatic rings. The van der Waals surface area contributed by atoms with Crippen LogP contribution in [0.3, 0.4) is 0 Å². The molecule has 0 saturated carbocycles. The van der Waals surface area contributed by atoms with E-state index < -0.39 is 6.10 Å². The van der Waals surface area contributed by atoms with Crippen molar-refractivity contribution in [2.75, 3.05) is 19.8 Å². The van der Waals surface area contributed by atoms with Crippen LogP contribution in [0.2, 0.25) is 0 Å². The molecule has 1 rings (SSSR count). The molecule has 0 heterocycles. The van der Waals surface area contributed by atoms with E-state index in [1.807, 2.05) is 45.0 Å². The second-order valence-electron chi connectivity index (χ2n) is 4.23. The van der Waals surface area contributed by atoms with Crippen LogP contribution < -0.4 is 9.47 Å². The molecule has 102 valence electrons. The van der Waals surface area contributed by atoms with Gasteiger partial charge in [-0.3, -0.25) is 0 Å². The Kier molecular flexibility index (Phi) is 6.54. The summed E-state index contributed by atoms with van der Waals surface area (Å²) in [6.45, 7) is 6.82. The summed E-state index contributed by atoms with van der Waals surface area (Å²) in [4.78, 5) is 0. The Bertz CT molecular complexity index is 338. The highest BCUT2D eigenvalue weighted by molar-refractivity contribution is 5.39. The molecule has 0 aliphatic rings. The topological polar surface area (TPSA) is 47.9 Å². The largest absolute Gasteiger partial charge is 0.490 e. The van der Waals surface area contributed by atoms with Crippen molar-refractivity contribution < 1.29 is 19.3 Å². The first kappa shape index (κ1) is 14.8. The van der Waals surface area contributed by atoms with E-state index in [0.717, 1.165) is 0 Å². The lowest BCUT2D eigenvalue weighted by Gasteiger charge is -2.16. The first-order chi connectivity index (χ1) is 8.63. The second kappa shape index (κ2) is 7.95. The highest BCUT2D eigenvalue weighted by Gasteiger charge is 2.09. The van der Waals surface area contributed by atoms with Crippen molar-refractivity contribution >= 4 is 0 Å². The Morgan fingerprint density at radius 3 is 2.22 bits per heavy atom. The molecule has 1 unspecified atom stereocenters. The Morgan fingerprint density at radius 2 is 1.67 bits per heavy atom. The van der Waals surface area contributed by atoms with Gasteiger partial charge in [-0.05, 0) is 32.9 Å². The molecule has 0 bridgehead atoms. The Hall–Kier alpha value is -1.26. The molecule has 18 heavy (non-hydrogen) atoms. The predicted molar refractivity (Wildman–Crippen MR) is 70.2 cm³/mol. The molecule has 4 nitrogen and oxygen atoms in total. The zero-order chi connectivity index (χ0) is 13.4. The lowest BCUT2D eigenvalue weighted by Crippen LogP contribution is -2.25. The lowest BCUT2D eigenvalue weighted by molar-refractivity contribution is -0.0126. The summed E-state index contributed by atoms with van der Waals surface area (Å²) in [6, 6.07) is 7.42. The summed E-state index contributed by atoms with van der Waals surface area (Å²) in [5.74, 6) is 1.33. The minimum atomic E-state index is -0.637. The van der Waals surface area contributed by atoms with Crippen LogP contribution in [0.15, 0.2) is 24.3 Å². The SMILES string of the molecule is CCOc1ccccc1OCC(O)COC(C)C. The van der Waals surface area contributed by atoms with Crippen LogP contribution in [0, 0.1) is 0 Å². The third kappa shape index (κ3) is 5.38. The van der Waals surface area contributed by atoms with E-state index in [2.05, 4.69) is 0 Å². The van der Waals surface area contributed by atoms with Crippen LogP contribution in [0.1, 0.15) is 20.8 Å². The molecule has 4 heteroatoms. The molecule has 0 radical (unpaired) electrons. The molecule has 0 aromatic heterocycles. The predicted octanol–water partition coefficient (Wildman–Crippen LogP) is 2.25. The van der Waals surface area contributed by atoms with Gasteiger partial charge in [-0.25, -0.2) is 0 Å². The second-order valence-corrected chi connectivity index (χ2v) is 4.23. The molecule has 0 aliphatic carbocycles. The monoisotopic (exact) mass is 254 g/mol.